The summed E-state index contributed by atoms with van der Waals surface area (Å²) in [5.74, 6) is 0.341. The average Bonchev–Trinajstić information content (AvgIpc) is 3.19. The summed E-state index contributed by atoms with van der Waals surface area (Å²) in [6, 6.07) is 12.3. The fourth-order valence-electron chi connectivity index (χ4n) is 3.31. The van der Waals surface area contributed by atoms with Crippen LogP contribution in [0.2, 0.25) is 0 Å². The van der Waals surface area contributed by atoms with Crippen molar-refractivity contribution in [1.82, 2.24) is 10.0 Å². The Balaban J connectivity index is 1.78. The van der Waals surface area contributed by atoms with E-state index in [2.05, 4.69) is 5.32 Å². The van der Waals surface area contributed by atoms with Crippen molar-refractivity contribution < 1.29 is 27.5 Å². The van der Waals surface area contributed by atoms with Crippen LogP contribution in [0.15, 0.2) is 48.5 Å². The van der Waals surface area contributed by atoms with E-state index in [1.807, 2.05) is 35.1 Å². The molecule has 0 radical (unpaired) electrons. The molecule has 32 heavy (non-hydrogen) atoms. The number of hydrogen-bond donors (Lipinski definition) is 2. The molecule has 0 saturated carbocycles. The predicted octanol–water partition coefficient (Wildman–Crippen LogP) is 2.27. The van der Waals surface area contributed by atoms with Crippen LogP contribution < -0.4 is 24.4 Å². The maximum absolute atomic E-state index is 13.3. The molecule has 0 bridgehead atoms. The number of nitrogens with one attached hydrogen (secondary N) is 2. The van der Waals surface area contributed by atoms with Crippen molar-refractivity contribution in [3.05, 3.63) is 54.1 Å². The number of carbonyl (C=O) groups excluding carboxylic acids is 2. The van der Waals surface area contributed by atoms with Crippen LogP contribution in [0.3, 0.4) is 0 Å². The quantitative estimate of drug-likeness (QED) is 0.623. The van der Waals surface area contributed by atoms with Gasteiger partial charge in [0.05, 0.1) is 5.75 Å². The number of benzene rings is 2. The monoisotopic (exact) mass is 461 g/mol. The minimum atomic E-state index is -3.82. The van der Waals surface area contributed by atoms with Gasteiger partial charge in [0.25, 0.3) is 0 Å². The Morgan fingerprint density at radius 1 is 1.06 bits per heavy atom. The molecule has 0 spiro atoms. The fourth-order valence-corrected chi connectivity index (χ4v) is 4.62. The van der Waals surface area contributed by atoms with Gasteiger partial charge in [-0.1, -0.05) is 44.2 Å². The maximum atomic E-state index is 13.3. The van der Waals surface area contributed by atoms with E-state index < -0.39 is 28.0 Å². The molecule has 1 unspecified atom stereocenters. The number of ether oxygens (including phenoxy) is 2. The van der Waals surface area contributed by atoms with E-state index in [-0.39, 0.29) is 24.9 Å². The molecular weight excluding hydrogens is 434 g/mol. The van der Waals surface area contributed by atoms with Crippen molar-refractivity contribution in [1.29, 1.82) is 0 Å². The lowest BCUT2D eigenvalue weighted by Crippen LogP contribution is -2.53. The van der Waals surface area contributed by atoms with Crippen molar-refractivity contribution in [2.24, 2.45) is 5.92 Å². The van der Waals surface area contributed by atoms with Gasteiger partial charge in [0.2, 0.25) is 22.7 Å². The Labute approximate surface area is 187 Å². The number of fused-ring (bicyclic) bond motifs is 1. The normalized spacial score (nSPS) is 13.5. The molecule has 1 aliphatic heterocycles. The molecule has 3 amide bonds. The van der Waals surface area contributed by atoms with E-state index in [0.29, 0.717) is 17.2 Å². The van der Waals surface area contributed by atoms with E-state index >= 15 is 0 Å². The lowest BCUT2D eigenvalue weighted by molar-refractivity contribution is -0.120. The number of sulfonamides is 1. The first-order valence-corrected chi connectivity index (χ1v) is 11.8. The van der Waals surface area contributed by atoms with Gasteiger partial charge in [-0.3, -0.25) is 4.79 Å². The van der Waals surface area contributed by atoms with Crippen LogP contribution in [0, 0.1) is 5.92 Å². The van der Waals surface area contributed by atoms with Crippen LogP contribution in [-0.2, 0) is 21.2 Å². The Morgan fingerprint density at radius 3 is 2.44 bits per heavy atom. The van der Waals surface area contributed by atoms with Crippen LogP contribution in [0.4, 0.5) is 10.5 Å². The summed E-state index contributed by atoms with van der Waals surface area (Å²) in [5, 5.41) is 2.52. The highest BCUT2D eigenvalue weighted by atomic mass is 32.2. The van der Waals surface area contributed by atoms with E-state index in [4.69, 9.17) is 9.47 Å². The van der Waals surface area contributed by atoms with Crippen molar-refractivity contribution in [3.8, 4) is 11.5 Å². The van der Waals surface area contributed by atoms with E-state index in [1.54, 1.807) is 39.1 Å². The fraction of sp³-hybridized carbons (Fsp3) is 0.364. The minimum absolute atomic E-state index is 0.111. The topological polar surface area (TPSA) is 114 Å². The van der Waals surface area contributed by atoms with Crippen LogP contribution in [0.1, 0.15) is 19.4 Å². The van der Waals surface area contributed by atoms with E-state index in [1.165, 1.54) is 4.90 Å². The van der Waals surface area contributed by atoms with Crippen LogP contribution in [0.5, 0.6) is 11.5 Å². The Kier molecular flexibility index (Phi) is 7.24. The molecule has 2 N–H and O–H groups in total. The zero-order valence-corrected chi connectivity index (χ0v) is 19.0. The van der Waals surface area contributed by atoms with Gasteiger partial charge in [-0.25, -0.2) is 17.9 Å². The number of likely N-dealkylation sites (N-methyl/N-ethyl adjacent to an activating group) is 1. The molecule has 2 aromatic carbocycles. The summed E-state index contributed by atoms with van der Waals surface area (Å²) in [4.78, 5) is 27.1. The number of amides is 3. The van der Waals surface area contributed by atoms with Crippen molar-refractivity contribution in [2.45, 2.75) is 26.3 Å². The summed E-state index contributed by atoms with van der Waals surface area (Å²) in [6.07, 6.45) is 0.187. The molecule has 10 heteroatoms. The smallest absolute Gasteiger partial charge is 0.329 e. The number of rotatable bonds is 8. The molecule has 0 saturated heterocycles. The Morgan fingerprint density at radius 2 is 1.75 bits per heavy atom. The van der Waals surface area contributed by atoms with E-state index in [9.17, 15) is 18.0 Å². The highest BCUT2D eigenvalue weighted by Crippen LogP contribution is 2.35. The summed E-state index contributed by atoms with van der Waals surface area (Å²) < 4.78 is 36.9. The highest BCUT2D eigenvalue weighted by Gasteiger charge is 2.28. The highest BCUT2D eigenvalue weighted by molar-refractivity contribution is 7.90. The zero-order chi connectivity index (χ0) is 23.3. The lowest BCUT2D eigenvalue weighted by atomic mass is 10.0. The first-order valence-electron chi connectivity index (χ1n) is 10.2. The molecule has 0 aliphatic carbocycles. The predicted molar refractivity (Wildman–Crippen MR) is 120 cm³/mol. The molecule has 1 heterocycles. The maximum Gasteiger partial charge on any atom is 0.329 e. The third-order valence-corrected chi connectivity index (χ3v) is 6.36. The van der Waals surface area contributed by atoms with Gasteiger partial charge in [0.1, 0.15) is 6.04 Å². The third-order valence-electron chi connectivity index (χ3n) is 4.76. The summed E-state index contributed by atoms with van der Waals surface area (Å²) >= 11 is 0. The third kappa shape index (κ3) is 6.13. The van der Waals surface area contributed by atoms with Crippen LogP contribution >= 0.6 is 0 Å². The van der Waals surface area contributed by atoms with E-state index in [0.717, 1.165) is 5.56 Å². The summed E-state index contributed by atoms with van der Waals surface area (Å²) in [7, 11) is -2.24. The number of urea groups is 1. The molecule has 1 aliphatic rings. The van der Waals surface area contributed by atoms with Gasteiger partial charge < -0.3 is 19.7 Å². The molecular formula is C22H27N3O6S. The van der Waals surface area contributed by atoms with Gasteiger partial charge in [-0.15, -0.1) is 0 Å². The number of anilines is 1. The van der Waals surface area contributed by atoms with Crippen molar-refractivity contribution >= 4 is 27.6 Å². The second-order valence-electron chi connectivity index (χ2n) is 7.93. The van der Waals surface area contributed by atoms with Gasteiger partial charge in [-0.05, 0) is 23.6 Å². The molecule has 0 fully saturated rings. The zero-order valence-electron chi connectivity index (χ0n) is 18.2. The molecule has 0 aromatic heterocycles. The average molecular weight is 462 g/mol. The molecule has 2 aromatic rings. The second kappa shape index (κ2) is 9.90. The molecule has 1 atom stereocenters. The first kappa shape index (κ1) is 23.4. The number of nitrogens with zero attached hydrogens (tertiary/aromatic N) is 1. The lowest BCUT2D eigenvalue weighted by Gasteiger charge is -2.25. The Bertz CT molecular complexity index is 1070. The SMILES string of the molecule is CC(C)CS(=O)(=O)NC(=O)NC(Cc1ccccc1)C(=O)N(C)c1ccc2c(c1)OCO2. The minimum Gasteiger partial charge on any atom is -0.454 e. The van der Waals surface area contributed by atoms with Gasteiger partial charge >= 0.3 is 6.03 Å². The Hall–Kier alpha value is -3.27. The van der Waals surface area contributed by atoms with Crippen LogP contribution in [-0.4, -0.2) is 46.0 Å². The molecule has 3 rings (SSSR count). The number of carbonyl (C=O) groups is 2. The van der Waals surface area contributed by atoms with Crippen molar-refractivity contribution in [3.63, 3.8) is 0 Å². The first-order chi connectivity index (χ1) is 15.1. The van der Waals surface area contributed by atoms with Crippen molar-refractivity contribution in [2.75, 3.05) is 24.5 Å². The van der Waals surface area contributed by atoms with Gasteiger partial charge in [0.15, 0.2) is 11.5 Å². The summed E-state index contributed by atoms with van der Waals surface area (Å²) in [5.41, 5.74) is 1.36. The van der Waals surface area contributed by atoms with Gasteiger partial charge in [-0.2, -0.15) is 0 Å². The standard InChI is InChI=1S/C22H27N3O6S/c1-15(2)13-32(28,29)24-22(27)23-18(11-16-7-5-4-6-8-16)21(26)25(3)17-9-10-19-20(12-17)31-14-30-19/h4-10,12,15,18H,11,13-14H2,1-3H3,(H2,23,24,27). The van der Waals surface area contributed by atoms with Gasteiger partial charge in [0, 0.05) is 25.2 Å². The van der Waals surface area contributed by atoms with Crippen LogP contribution in [0.25, 0.3) is 0 Å². The molecule has 172 valence electrons. The largest absolute Gasteiger partial charge is 0.454 e. The molecule has 9 nitrogen and oxygen atoms in total. The second-order valence-corrected chi connectivity index (χ2v) is 9.69. The number of hydrogen-bond acceptors (Lipinski definition) is 6. The summed E-state index contributed by atoms with van der Waals surface area (Å²) in [6.45, 7) is 3.58.